The van der Waals surface area contributed by atoms with E-state index >= 15 is 0 Å². The molecule has 53 heavy (non-hydrogen) atoms. The van der Waals surface area contributed by atoms with Crippen LogP contribution in [0.5, 0.6) is 0 Å². The molecule has 0 aliphatic carbocycles. The summed E-state index contributed by atoms with van der Waals surface area (Å²) in [5, 5.41) is 0. The van der Waals surface area contributed by atoms with Gasteiger partial charge in [0.25, 0.3) is 0 Å². The van der Waals surface area contributed by atoms with E-state index in [0.717, 1.165) is 24.3 Å². The number of esters is 4. The maximum atomic E-state index is 12.1. The van der Waals surface area contributed by atoms with Crippen molar-refractivity contribution in [2.24, 2.45) is 23.7 Å². The van der Waals surface area contributed by atoms with Crippen molar-refractivity contribution in [3.63, 3.8) is 0 Å². The molecule has 0 fully saturated rings. The maximum absolute atomic E-state index is 12.1. The number of carbonyl (C=O) groups excluding carboxylic acids is 4. The third-order valence-corrected chi connectivity index (χ3v) is 8.67. The van der Waals surface area contributed by atoms with Crippen LogP contribution in [0.1, 0.15) is 123 Å². The van der Waals surface area contributed by atoms with Crippen LogP contribution in [0.4, 0.5) is 0 Å². The molecule has 14 nitrogen and oxygen atoms in total. The van der Waals surface area contributed by atoms with Crippen molar-refractivity contribution in [1.29, 1.82) is 0 Å². The molecule has 0 spiro atoms. The van der Waals surface area contributed by atoms with Gasteiger partial charge in [-0.2, -0.15) is 0 Å². The molecular weight excluding hydrogens is 745 g/mol. The van der Waals surface area contributed by atoms with Gasteiger partial charge in [-0.05, 0) is 85.8 Å². The predicted molar refractivity (Wildman–Crippen MR) is 194 cm³/mol. The van der Waals surface area contributed by atoms with E-state index in [1.165, 1.54) is 12.1 Å². The number of rotatable bonds is 18. The van der Waals surface area contributed by atoms with Crippen molar-refractivity contribution < 1.29 is 64.1 Å². The van der Waals surface area contributed by atoms with E-state index in [1.54, 1.807) is 0 Å². The molecule has 17 heteroatoms. The zero-order chi connectivity index (χ0) is 39.8. The van der Waals surface area contributed by atoms with E-state index in [4.69, 9.17) is 18.9 Å². The predicted octanol–water partition coefficient (Wildman–Crippen LogP) is 5.61. The first-order valence-corrected chi connectivity index (χ1v) is 19.7. The van der Waals surface area contributed by atoms with Gasteiger partial charge < -0.3 is 28.1 Å². The Kier molecular flexibility index (Phi) is 22.3. The van der Waals surface area contributed by atoms with E-state index in [2.05, 4.69) is 0 Å². The topological polar surface area (TPSA) is 220 Å². The van der Waals surface area contributed by atoms with Crippen molar-refractivity contribution in [2.75, 3.05) is 26.4 Å². The Morgan fingerprint density at radius 3 is 0.792 bits per heavy atom. The first-order chi connectivity index (χ1) is 24.0. The van der Waals surface area contributed by atoms with Crippen molar-refractivity contribution >= 4 is 67.2 Å². The van der Waals surface area contributed by atoms with Crippen LogP contribution in [0, 0.1) is 23.7 Å². The number of ether oxygens (including phenoxy) is 4. The Bertz CT molecular complexity index is 1520. The number of hydrogen-bond donors (Lipinski definition) is 0. The minimum Gasteiger partial charge on any atom is -0.744 e. The van der Waals surface area contributed by atoms with Crippen LogP contribution in [-0.2, 0) is 39.2 Å². The van der Waals surface area contributed by atoms with Gasteiger partial charge in [0.05, 0.1) is 58.5 Å². The van der Waals surface area contributed by atoms with Crippen LogP contribution in [0.25, 0.3) is 0 Å². The van der Waals surface area contributed by atoms with Gasteiger partial charge in [-0.3, -0.25) is 0 Å². The van der Waals surface area contributed by atoms with E-state index in [0.29, 0.717) is 49.4 Å². The maximum Gasteiger partial charge on any atom is 2.00 e. The second kappa shape index (κ2) is 23.6. The molecule has 0 N–H and O–H groups in total. The summed E-state index contributed by atoms with van der Waals surface area (Å²) in [6, 6.07) is 5.97. The molecule has 0 atom stereocenters. The van der Waals surface area contributed by atoms with Crippen LogP contribution >= 0.6 is 0 Å². The fraction of sp³-hybridized carbons (Fsp3) is 0.556. The summed E-state index contributed by atoms with van der Waals surface area (Å²) in [5.41, 5.74) is -0.717. The van der Waals surface area contributed by atoms with Crippen LogP contribution in [-0.4, -0.2) is 99.3 Å². The third kappa shape index (κ3) is 20.2. The Balaban J connectivity index is 0.00000100. The van der Waals surface area contributed by atoms with Crippen molar-refractivity contribution in [2.45, 2.75) is 90.9 Å². The van der Waals surface area contributed by atoms with Gasteiger partial charge in [0.1, 0.15) is 20.2 Å². The first kappa shape index (κ1) is 49.9. The summed E-state index contributed by atoms with van der Waals surface area (Å²) >= 11 is 0. The van der Waals surface area contributed by atoms with E-state index in [9.17, 15) is 45.1 Å². The van der Waals surface area contributed by atoms with Crippen LogP contribution in [0.3, 0.4) is 0 Å². The molecule has 0 bridgehead atoms. The quantitative estimate of drug-likeness (QED) is 0.0775. The summed E-state index contributed by atoms with van der Waals surface area (Å²) < 4.78 is 88.2. The molecule has 2 rings (SSSR count). The van der Waals surface area contributed by atoms with Gasteiger partial charge in [-0.1, -0.05) is 55.4 Å². The molecule has 292 valence electrons. The molecule has 0 unspecified atom stereocenters. The molecule has 0 aliphatic heterocycles. The van der Waals surface area contributed by atoms with Crippen molar-refractivity contribution in [3.05, 3.63) is 58.7 Å². The van der Waals surface area contributed by atoms with Gasteiger partial charge in [0, 0.05) is 0 Å². The molecule has 0 radical (unpaired) electrons. The molecule has 2 aromatic rings. The summed E-state index contributed by atoms with van der Waals surface area (Å²) in [6.07, 6.45) is 2.54. The van der Waals surface area contributed by atoms with Crippen LogP contribution in [0.2, 0.25) is 0 Å². The first-order valence-electron chi connectivity index (χ1n) is 16.9. The molecule has 0 amide bonds. The molecule has 0 saturated heterocycles. The van der Waals surface area contributed by atoms with Gasteiger partial charge in [0.2, 0.25) is 0 Å². The molecule has 0 aliphatic rings. The van der Waals surface area contributed by atoms with Crippen LogP contribution < -0.4 is 0 Å². The monoisotopic (exact) mass is 794 g/mol. The third-order valence-electron chi connectivity index (χ3n) is 7.05. The average molecular weight is 795 g/mol. The molecule has 0 heterocycles. The van der Waals surface area contributed by atoms with Crippen molar-refractivity contribution in [3.8, 4) is 0 Å². The second-order valence-corrected chi connectivity index (χ2v) is 16.4. The minimum atomic E-state index is -4.85. The smallest absolute Gasteiger partial charge is 0.744 e. The summed E-state index contributed by atoms with van der Waals surface area (Å²) in [4.78, 5) is 47.1. The Hall–Kier alpha value is -3.09. The summed E-state index contributed by atoms with van der Waals surface area (Å²) in [6.45, 7) is 16.3. The van der Waals surface area contributed by atoms with E-state index < -0.39 is 53.9 Å². The van der Waals surface area contributed by atoms with Gasteiger partial charge in [-0.25, -0.2) is 36.0 Å². The number of carbonyl (C=O) groups is 4. The average Bonchev–Trinajstić information content (AvgIpc) is 3.02. The standard InChI is InChI=1S/2C18H26O7S.Mg/c2*1-12(2)5-7-24-17(19)14-9-15(11-16(10-14)26(21,22)23)18(20)25-8-6-13(3)4;/h2*9-13H,5-8H2,1-4H3,(H,21,22,23);/q;;+2/p-2. The van der Waals surface area contributed by atoms with Crippen molar-refractivity contribution in [1.82, 2.24) is 0 Å². The molecule has 2 aromatic carbocycles. The van der Waals surface area contributed by atoms with E-state index in [1.807, 2.05) is 55.4 Å². The minimum absolute atomic E-state index is 0. The van der Waals surface area contributed by atoms with Gasteiger partial charge in [-0.15, -0.1) is 0 Å². The Morgan fingerprint density at radius 1 is 0.453 bits per heavy atom. The second-order valence-electron chi connectivity index (χ2n) is 13.7. The fourth-order valence-corrected chi connectivity index (χ4v) is 4.93. The van der Waals surface area contributed by atoms with Gasteiger partial charge >= 0.3 is 46.9 Å². The Labute approximate surface area is 329 Å². The number of benzene rings is 2. The normalized spacial score (nSPS) is 11.4. The fourth-order valence-electron chi connectivity index (χ4n) is 3.84. The Morgan fingerprint density at radius 2 is 0.642 bits per heavy atom. The van der Waals surface area contributed by atoms with E-state index in [-0.39, 0.29) is 71.7 Å². The summed E-state index contributed by atoms with van der Waals surface area (Å²) in [5.74, 6) is -1.91. The summed E-state index contributed by atoms with van der Waals surface area (Å²) in [7, 11) is -9.70. The zero-order valence-corrected chi connectivity index (χ0v) is 34.7. The van der Waals surface area contributed by atoms with Crippen LogP contribution in [0.15, 0.2) is 46.2 Å². The zero-order valence-electron chi connectivity index (χ0n) is 31.7. The largest absolute Gasteiger partial charge is 2.00 e. The van der Waals surface area contributed by atoms with Gasteiger partial charge in [0.15, 0.2) is 0 Å². The SMILES string of the molecule is CC(C)CCOC(=O)c1cc(C(=O)OCCC(C)C)cc(S(=O)(=O)[O-])c1.CC(C)CCOC(=O)c1cc(C(=O)OCCC(C)C)cc(S(=O)(=O)[O-])c1.[Mg+2]. The molecule has 0 aromatic heterocycles. The number of hydrogen-bond acceptors (Lipinski definition) is 14. The molecular formula is C36H50MgO14S2. The molecule has 0 saturated carbocycles.